The number of hydrogen-bond acceptors (Lipinski definition) is 3. The number of methoxy groups -OCH3 is 1. The summed E-state index contributed by atoms with van der Waals surface area (Å²) < 4.78 is 6.33. The Morgan fingerprint density at radius 3 is 2.81 bits per heavy atom. The maximum absolute atomic E-state index is 10.1. The van der Waals surface area contributed by atoms with E-state index in [4.69, 9.17) is 4.74 Å². The molecular formula is C17H18BrNO2. The summed E-state index contributed by atoms with van der Waals surface area (Å²) in [7, 11) is 1.58. The Labute approximate surface area is 133 Å². The first-order valence-electron chi connectivity index (χ1n) is 7.05. The number of nitrogens with one attached hydrogen (secondary N) is 1. The monoisotopic (exact) mass is 347 g/mol. The molecule has 0 radical (unpaired) electrons. The number of ether oxygens (including phenoxy) is 1. The zero-order valence-corrected chi connectivity index (χ0v) is 13.5. The lowest BCUT2D eigenvalue weighted by Gasteiger charge is -2.20. The van der Waals surface area contributed by atoms with E-state index >= 15 is 0 Å². The van der Waals surface area contributed by atoms with E-state index in [9.17, 15) is 5.11 Å². The van der Waals surface area contributed by atoms with Gasteiger partial charge in [0.1, 0.15) is 0 Å². The molecule has 1 aliphatic rings. The Hall–Kier alpha value is -1.52. The molecule has 3 rings (SSSR count). The van der Waals surface area contributed by atoms with E-state index in [2.05, 4.69) is 33.4 Å². The molecule has 1 unspecified atom stereocenters. The molecule has 0 aromatic heterocycles. The van der Waals surface area contributed by atoms with Crippen LogP contribution in [0.15, 0.2) is 40.9 Å². The van der Waals surface area contributed by atoms with Crippen LogP contribution in [0.5, 0.6) is 11.5 Å². The highest BCUT2D eigenvalue weighted by Gasteiger charge is 2.23. The maximum Gasteiger partial charge on any atom is 0.160 e. The fourth-order valence-corrected chi connectivity index (χ4v) is 3.51. The maximum atomic E-state index is 10.1. The summed E-state index contributed by atoms with van der Waals surface area (Å²) in [6, 6.07) is 12.1. The summed E-state index contributed by atoms with van der Waals surface area (Å²) >= 11 is 3.64. The van der Waals surface area contributed by atoms with Gasteiger partial charge in [0.05, 0.1) is 7.11 Å². The molecule has 3 nitrogen and oxygen atoms in total. The lowest BCUT2D eigenvalue weighted by Crippen LogP contribution is -2.21. The topological polar surface area (TPSA) is 41.5 Å². The zero-order chi connectivity index (χ0) is 14.8. The summed E-state index contributed by atoms with van der Waals surface area (Å²) in [6.07, 6.45) is 0.937. The first-order valence-corrected chi connectivity index (χ1v) is 7.85. The largest absolute Gasteiger partial charge is 0.504 e. The molecule has 0 spiro atoms. The number of phenolic OH excluding ortho intramolecular Hbond substituents is 1. The third kappa shape index (κ3) is 2.78. The Morgan fingerprint density at radius 2 is 2.05 bits per heavy atom. The van der Waals surface area contributed by atoms with Crippen LogP contribution in [0.3, 0.4) is 0 Å². The summed E-state index contributed by atoms with van der Waals surface area (Å²) in [5.74, 6) is 0.964. The van der Waals surface area contributed by atoms with E-state index in [1.165, 1.54) is 16.7 Å². The molecule has 2 aromatic rings. The van der Waals surface area contributed by atoms with Gasteiger partial charge in [-0.1, -0.05) is 34.1 Å². The Morgan fingerprint density at radius 1 is 1.24 bits per heavy atom. The second-order valence-corrected chi connectivity index (χ2v) is 6.11. The number of benzene rings is 2. The number of halogens is 1. The highest BCUT2D eigenvalue weighted by atomic mass is 79.9. The number of fused-ring (bicyclic) bond motifs is 1. The Kier molecular flexibility index (Phi) is 4.17. The highest BCUT2D eigenvalue weighted by Crippen LogP contribution is 2.38. The summed E-state index contributed by atoms with van der Waals surface area (Å²) in [4.78, 5) is 0. The van der Waals surface area contributed by atoms with Crippen LogP contribution in [0.25, 0.3) is 0 Å². The fourth-order valence-electron chi connectivity index (χ4n) is 2.95. The van der Waals surface area contributed by atoms with Gasteiger partial charge in [-0.15, -0.1) is 0 Å². The van der Waals surface area contributed by atoms with Crippen molar-refractivity contribution < 1.29 is 9.84 Å². The Bertz CT molecular complexity index is 657. The molecule has 21 heavy (non-hydrogen) atoms. The second-order valence-electron chi connectivity index (χ2n) is 5.25. The predicted octanol–water partition coefficient (Wildman–Crippen LogP) is 3.44. The minimum Gasteiger partial charge on any atom is -0.504 e. The predicted molar refractivity (Wildman–Crippen MR) is 87.2 cm³/mol. The van der Waals surface area contributed by atoms with Crippen LogP contribution in [-0.2, 0) is 6.42 Å². The molecule has 110 valence electrons. The lowest BCUT2D eigenvalue weighted by atomic mass is 9.88. The van der Waals surface area contributed by atoms with Gasteiger partial charge in [0.25, 0.3) is 0 Å². The van der Waals surface area contributed by atoms with Crippen LogP contribution in [0.1, 0.15) is 22.6 Å². The number of rotatable bonds is 2. The van der Waals surface area contributed by atoms with Gasteiger partial charge in [-0.2, -0.15) is 0 Å². The van der Waals surface area contributed by atoms with Gasteiger partial charge in [0, 0.05) is 16.9 Å². The van der Waals surface area contributed by atoms with Gasteiger partial charge in [0.15, 0.2) is 11.5 Å². The highest BCUT2D eigenvalue weighted by molar-refractivity contribution is 9.10. The van der Waals surface area contributed by atoms with Crippen LogP contribution >= 0.6 is 15.9 Å². The molecule has 0 saturated heterocycles. The van der Waals surface area contributed by atoms with Crippen molar-refractivity contribution in [2.45, 2.75) is 12.3 Å². The van der Waals surface area contributed by atoms with Crippen molar-refractivity contribution in [2.75, 3.05) is 20.2 Å². The normalized spacial score (nSPS) is 17.9. The minimum atomic E-state index is 0.204. The number of aromatic hydroxyl groups is 1. The molecule has 0 aliphatic carbocycles. The van der Waals surface area contributed by atoms with Gasteiger partial charge in [-0.3, -0.25) is 0 Å². The smallest absolute Gasteiger partial charge is 0.160 e. The van der Waals surface area contributed by atoms with Gasteiger partial charge >= 0.3 is 0 Å². The van der Waals surface area contributed by atoms with Crippen LogP contribution in [0.4, 0.5) is 0 Å². The quantitative estimate of drug-likeness (QED) is 0.874. The van der Waals surface area contributed by atoms with Gasteiger partial charge in [0.2, 0.25) is 0 Å². The van der Waals surface area contributed by atoms with E-state index in [0.717, 1.165) is 24.0 Å². The van der Waals surface area contributed by atoms with Crippen LogP contribution < -0.4 is 10.1 Å². The molecule has 1 atom stereocenters. The van der Waals surface area contributed by atoms with Crippen molar-refractivity contribution in [1.29, 1.82) is 0 Å². The van der Waals surface area contributed by atoms with Gasteiger partial charge in [-0.05, 0) is 47.9 Å². The van der Waals surface area contributed by atoms with Crippen molar-refractivity contribution in [3.05, 3.63) is 57.6 Å². The summed E-state index contributed by atoms with van der Waals surface area (Å²) in [6.45, 7) is 1.79. The van der Waals surface area contributed by atoms with Crippen molar-refractivity contribution >= 4 is 15.9 Å². The van der Waals surface area contributed by atoms with E-state index in [-0.39, 0.29) is 11.7 Å². The summed E-state index contributed by atoms with van der Waals surface area (Å²) in [5.41, 5.74) is 3.64. The number of hydrogen-bond donors (Lipinski definition) is 2. The molecule has 0 bridgehead atoms. The summed E-state index contributed by atoms with van der Waals surface area (Å²) in [5, 5.41) is 13.6. The molecule has 1 heterocycles. The number of phenols is 1. The van der Waals surface area contributed by atoms with Crippen molar-refractivity contribution in [3.63, 3.8) is 0 Å². The van der Waals surface area contributed by atoms with Crippen molar-refractivity contribution in [2.24, 2.45) is 0 Å². The first-order chi connectivity index (χ1) is 10.2. The van der Waals surface area contributed by atoms with Crippen molar-refractivity contribution in [3.8, 4) is 11.5 Å². The van der Waals surface area contributed by atoms with Crippen LogP contribution in [0.2, 0.25) is 0 Å². The lowest BCUT2D eigenvalue weighted by molar-refractivity contribution is 0.372. The van der Waals surface area contributed by atoms with E-state index < -0.39 is 0 Å². The average molecular weight is 348 g/mol. The fraction of sp³-hybridized carbons (Fsp3) is 0.294. The molecule has 2 N–H and O–H groups in total. The van der Waals surface area contributed by atoms with Gasteiger partial charge in [-0.25, -0.2) is 0 Å². The third-order valence-corrected chi connectivity index (χ3v) is 4.74. The van der Waals surface area contributed by atoms with Crippen LogP contribution in [0, 0.1) is 0 Å². The van der Waals surface area contributed by atoms with Gasteiger partial charge < -0.3 is 15.2 Å². The molecule has 2 aromatic carbocycles. The standard InChI is InChI=1S/C17H18BrNO2/c1-21-17-8-11-6-7-19-10-14(13(11)9-16(17)20)12-4-2-3-5-15(12)18/h2-5,8-9,14,19-20H,6-7,10H2,1H3. The third-order valence-electron chi connectivity index (χ3n) is 4.02. The minimum absolute atomic E-state index is 0.204. The molecule has 4 heteroatoms. The average Bonchev–Trinajstić information content (AvgIpc) is 2.69. The van der Waals surface area contributed by atoms with E-state index in [0.29, 0.717) is 5.75 Å². The Balaban J connectivity index is 2.13. The molecule has 0 fully saturated rings. The zero-order valence-electron chi connectivity index (χ0n) is 11.9. The molecule has 0 saturated carbocycles. The molecule has 0 amide bonds. The van der Waals surface area contributed by atoms with Crippen molar-refractivity contribution in [1.82, 2.24) is 5.32 Å². The van der Waals surface area contributed by atoms with E-state index in [1.807, 2.05) is 24.3 Å². The van der Waals surface area contributed by atoms with E-state index in [1.54, 1.807) is 7.11 Å². The van der Waals surface area contributed by atoms with Crippen LogP contribution in [-0.4, -0.2) is 25.3 Å². The molecule has 1 aliphatic heterocycles. The SMILES string of the molecule is COc1cc2c(cc1O)C(c1ccccc1Br)CNCC2. The molecular weight excluding hydrogens is 330 g/mol. The second kappa shape index (κ2) is 6.08. The first kappa shape index (κ1) is 14.4.